The Kier molecular flexibility index (Phi) is 2.19. The molecule has 0 aliphatic carbocycles. The van der Waals surface area contributed by atoms with Crippen LogP contribution in [-0.4, -0.2) is 4.74 Å². The minimum absolute atomic E-state index is 0.0964. The fraction of sp³-hybridized carbons (Fsp3) is 0.364. The van der Waals surface area contributed by atoms with Gasteiger partial charge in [0.05, 0.1) is 5.39 Å². The van der Waals surface area contributed by atoms with Crippen LogP contribution in [-0.2, 0) is 7.05 Å². The smallest absolute Gasteiger partial charge is 0.290 e. The number of aryl methyl sites for hydroxylation is 3. The maximum atomic E-state index is 11.8. The van der Waals surface area contributed by atoms with Crippen LogP contribution in [0.1, 0.15) is 16.7 Å². The van der Waals surface area contributed by atoms with Crippen molar-refractivity contribution in [3.63, 3.8) is 0 Å². The number of benzene rings is 1. The molecule has 2 rings (SSSR count). The molecule has 0 radical (unpaired) electrons. The first-order chi connectivity index (χ1) is 6.95. The number of thiol groups is 1. The molecule has 0 spiro atoms. The number of hydrogen-bond donors (Lipinski definition) is 1. The lowest BCUT2D eigenvalue weighted by Crippen LogP contribution is -2.10. The summed E-state index contributed by atoms with van der Waals surface area (Å²) in [5.41, 5.74) is 3.53. The summed E-state index contributed by atoms with van der Waals surface area (Å²) in [6.07, 6.45) is 0. The molecule has 3 nitrogen and oxygen atoms in total. The topological polar surface area (TPSA) is 35.1 Å². The van der Waals surface area contributed by atoms with Crippen molar-refractivity contribution >= 4 is 23.6 Å². The van der Waals surface area contributed by atoms with E-state index in [9.17, 15) is 4.79 Å². The maximum absolute atomic E-state index is 11.8. The van der Waals surface area contributed by atoms with Crippen LogP contribution >= 0.6 is 12.6 Å². The van der Waals surface area contributed by atoms with Crippen LogP contribution in [0.25, 0.3) is 11.0 Å². The Bertz CT molecular complexity index is 607. The molecule has 0 aliphatic rings. The average Bonchev–Trinajstić information content (AvgIpc) is 2.50. The van der Waals surface area contributed by atoms with E-state index in [1.165, 1.54) is 4.74 Å². The third-order valence-electron chi connectivity index (χ3n) is 2.94. The van der Waals surface area contributed by atoms with Gasteiger partial charge in [-0.3, -0.25) is 4.79 Å². The Balaban J connectivity index is 3.15. The van der Waals surface area contributed by atoms with E-state index in [4.69, 9.17) is 4.52 Å². The SMILES string of the molecule is Cc1c(S)c(C)c2c(=O)n(C)oc2c1C. The number of nitrogens with zero attached hydrogens (tertiary/aromatic N) is 1. The molecule has 15 heavy (non-hydrogen) atoms. The lowest BCUT2D eigenvalue weighted by atomic mass is 10.0. The highest BCUT2D eigenvalue weighted by Gasteiger charge is 2.16. The van der Waals surface area contributed by atoms with E-state index in [0.717, 1.165) is 21.6 Å². The highest BCUT2D eigenvalue weighted by Crippen LogP contribution is 2.29. The second kappa shape index (κ2) is 3.17. The molecule has 1 aromatic heterocycles. The van der Waals surface area contributed by atoms with Crippen molar-refractivity contribution in [3.8, 4) is 0 Å². The molecular weight excluding hydrogens is 210 g/mol. The summed E-state index contributed by atoms with van der Waals surface area (Å²) in [4.78, 5) is 12.7. The summed E-state index contributed by atoms with van der Waals surface area (Å²) in [5.74, 6) is 0. The predicted octanol–water partition coefficient (Wildman–Crippen LogP) is 2.35. The molecular formula is C11H13NO2S. The molecule has 4 heteroatoms. The molecule has 1 aromatic carbocycles. The van der Waals surface area contributed by atoms with Crippen molar-refractivity contribution in [1.29, 1.82) is 0 Å². The second-order valence-electron chi connectivity index (χ2n) is 3.82. The molecule has 0 unspecified atom stereocenters. The standard InChI is InChI=1S/C11H13NO2S/c1-5-6(2)10(15)7(3)8-9(5)14-12(4)11(8)13/h15H,1-4H3. The summed E-state index contributed by atoms with van der Waals surface area (Å²) in [5, 5.41) is 0.644. The number of aromatic nitrogens is 1. The Morgan fingerprint density at radius 3 is 2.33 bits per heavy atom. The number of hydrogen-bond acceptors (Lipinski definition) is 3. The molecule has 0 fully saturated rings. The highest BCUT2D eigenvalue weighted by molar-refractivity contribution is 7.80. The molecule has 0 aliphatic heterocycles. The van der Waals surface area contributed by atoms with Gasteiger partial charge in [-0.15, -0.1) is 12.6 Å². The van der Waals surface area contributed by atoms with E-state index in [1.54, 1.807) is 7.05 Å². The molecule has 1 heterocycles. The minimum atomic E-state index is -0.0964. The Morgan fingerprint density at radius 1 is 1.13 bits per heavy atom. The van der Waals surface area contributed by atoms with Crippen LogP contribution in [0, 0.1) is 20.8 Å². The summed E-state index contributed by atoms with van der Waals surface area (Å²) in [7, 11) is 1.62. The number of fused-ring (bicyclic) bond motifs is 1. The highest BCUT2D eigenvalue weighted by atomic mass is 32.1. The van der Waals surface area contributed by atoms with E-state index >= 15 is 0 Å². The molecule has 0 amide bonds. The van der Waals surface area contributed by atoms with E-state index < -0.39 is 0 Å². The van der Waals surface area contributed by atoms with Crippen molar-refractivity contribution in [2.75, 3.05) is 0 Å². The van der Waals surface area contributed by atoms with Crippen LogP contribution in [0.3, 0.4) is 0 Å². The van der Waals surface area contributed by atoms with Crippen LogP contribution in [0.15, 0.2) is 14.2 Å². The van der Waals surface area contributed by atoms with E-state index in [2.05, 4.69) is 12.6 Å². The zero-order valence-electron chi connectivity index (χ0n) is 9.21. The molecule has 80 valence electrons. The van der Waals surface area contributed by atoms with Crippen LogP contribution in [0.4, 0.5) is 0 Å². The van der Waals surface area contributed by atoms with Gasteiger partial charge in [0, 0.05) is 11.9 Å². The van der Waals surface area contributed by atoms with Gasteiger partial charge in [-0.05, 0) is 37.5 Å². The van der Waals surface area contributed by atoms with Gasteiger partial charge in [-0.1, -0.05) is 0 Å². The maximum Gasteiger partial charge on any atom is 0.290 e. The Morgan fingerprint density at radius 2 is 1.73 bits per heavy atom. The number of rotatable bonds is 0. The van der Waals surface area contributed by atoms with Crippen molar-refractivity contribution < 1.29 is 4.52 Å². The molecule has 0 bridgehead atoms. The predicted molar refractivity (Wildman–Crippen MR) is 62.9 cm³/mol. The zero-order chi connectivity index (χ0) is 11.3. The lowest BCUT2D eigenvalue weighted by Gasteiger charge is -2.06. The van der Waals surface area contributed by atoms with Crippen LogP contribution in [0.2, 0.25) is 0 Å². The first-order valence-corrected chi connectivity index (χ1v) is 5.18. The normalized spacial score (nSPS) is 11.3. The van der Waals surface area contributed by atoms with Gasteiger partial charge in [0.2, 0.25) is 0 Å². The van der Waals surface area contributed by atoms with Crippen molar-refractivity contribution in [3.05, 3.63) is 27.0 Å². The summed E-state index contributed by atoms with van der Waals surface area (Å²) in [6, 6.07) is 0. The molecule has 0 saturated carbocycles. The largest absolute Gasteiger partial charge is 0.376 e. The van der Waals surface area contributed by atoms with E-state index in [1.807, 2.05) is 20.8 Å². The summed E-state index contributed by atoms with van der Waals surface area (Å²) >= 11 is 4.42. The van der Waals surface area contributed by atoms with Gasteiger partial charge in [0.15, 0.2) is 5.58 Å². The third-order valence-corrected chi connectivity index (χ3v) is 3.61. The fourth-order valence-corrected chi connectivity index (χ4v) is 2.09. The van der Waals surface area contributed by atoms with Gasteiger partial charge in [-0.25, -0.2) is 0 Å². The van der Waals surface area contributed by atoms with Crippen molar-refractivity contribution in [2.45, 2.75) is 25.7 Å². The van der Waals surface area contributed by atoms with Gasteiger partial charge >= 0.3 is 0 Å². The summed E-state index contributed by atoms with van der Waals surface area (Å²) in [6.45, 7) is 5.82. The molecule has 0 atom stereocenters. The first kappa shape index (κ1) is 10.4. The Hall–Kier alpha value is -1.16. The van der Waals surface area contributed by atoms with Crippen LogP contribution in [0.5, 0.6) is 0 Å². The summed E-state index contributed by atoms with van der Waals surface area (Å²) < 4.78 is 6.68. The van der Waals surface area contributed by atoms with E-state index in [0.29, 0.717) is 11.0 Å². The van der Waals surface area contributed by atoms with Crippen molar-refractivity contribution in [1.82, 2.24) is 4.74 Å². The minimum Gasteiger partial charge on any atom is -0.376 e. The monoisotopic (exact) mass is 223 g/mol. The second-order valence-corrected chi connectivity index (χ2v) is 4.27. The quantitative estimate of drug-likeness (QED) is 0.696. The van der Waals surface area contributed by atoms with Gasteiger partial charge in [-0.2, -0.15) is 4.74 Å². The first-order valence-electron chi connectivity index (χ1n) is 4.74. The fourth-order valence-electron chi connectivity index (χ4n) is 1.81. The Labute approximate surface area is 93.1 Å². The third kappa shape index (κ3) is 1.24. The molecule has 2 aromatic rings. The van der Waals surface area contributed by atoms with Gasteiger partial charge < -0.3 is 4.52 Å². The lowest BCUT2D eigenvalue weighted by molar-refractivity contribution is 0.323. The zero-order valence-corrected chi connectivity index (χ0v) is 10.1. The van der Waals surface area contributed by atoms with Gasteiger partial charge in [0.25, 0.3) is 5.56 Å². The van der Waals surface area contributed by atoms with Crippen molar-refractivity contribution in [2.24, 2.45) is 7.05 Å². The average molecular weight is 223 g/mol. The molecule has 0 saturated heterocycles. The molecule has 0 N–H and O–H groups in total. The van der Waals surface area contributed by atoms with E-state index in [-0.39, 0.29) is 5.56 Å². The van der Waals surface area contributed by atoms with Crippen LogP contribution < -0.4 is 5.56 Å². The van der Waals surface area contributed by atoms with Gasteiger partial charge in [0.1, 0.15) is 0 Å².